The molecule has 0 aliphatic carbocycles. The van der Waals surface area contributed by atoms with E-state index in [2.05, 4.69) is 4.72 Å². The maximum absolute atomic E-state index is 11.7. The fourth-order valence-corrected chi connectivity index (χ4v) is 3.28. The van der Waals surface area contributed by atoms with E-state index in [1.54, 1.807) is 6.92 Å². The summed E-state index contributed by atoms with van der Waals surface area (Å²) in [6, 6.07) is 0. The van der Waals surface area contributed by atoms with Crippen molar-refractivity contribution >= 4 is 27.2 Å². The van der Waals surface area contributed by atoms with Crippen LogP contribution < -0.4 is 10.5 Å². The van der Waals surface area contributed by atoms with Gasteiger partial charge in [-0.2, -0.15) is 0 Å². The van der Waals surface area contributed by atoms with Crippen LogP contribution in [0.3, 0.4) is 0 Å². The first-order chi connectivity index (χ1) is 6.63. The molecule has 0 heterocycles. The normalized spacial score (nSPS) is 16.3. The number of nitrogens with one attached hydrogen (secondary N) is 1. The minimum absolute atomic E-state index is 0.0787. The maximum atomic E-state index is 11.7. The molecule has 0 rings (SSSR count). The van der Waals surface area contributed by atoms with Gasteiger partial charge in [-0.3, -0.25) is 0 Å². The molecule has 0 fully saturated rings. The van der Waals surface area contributed by atoms with Gasteiger partial charge in [0.2, 0.25) is 10.0 Å². The van der Waals surface area contributed by atoms with Crippen molar-refractivity contribution in [3.05, 3.63) is 0 Å². The zero-order chi connectivity index (χ0) is 12.3. The molecule has 6 heteroatoms. The molecule has 0 bridgehead atoms. The molecule has 4 nitrogen and oxygen atoms in total. The van der Waals surface area contributed by atoms with Crippen molar-refractivity contribution in [3.8, 4) is 0 Å². The molecule has 15 heavy (non-hydrogen) atoms. The SMILES string of the molecule is CCC(C)(NS(=O)(=O)CC(C)C)C(N)=S. The van der Waals surface area contributed by atoms with Crippen LogP contribution in [0.25, 0.3) is 0 Å². The molecule has 0 spiro atoms. The van der Waals surface area contributed by atoms with Crippen molar-refractivity contribution in [2.75, 3.05) is 5.75 Å². The molecular weight excluding hydrogens is 232 g/mol. The summed E-state index contributed by atoms with van der Waals surface area (Å²) in [7, 11) is -3.31. The lowest BCUT2D eigenvalue weighted by Gasteiger charge is -2.28. The van der Waals surface area contributed by atoms with E-state index in [9.17, 15) is 8.42 Å². The zero-order valence-corrected chi connectivity index (χ0v) is 11.3. The summed E-state index contributed by atoms with van der Waals surface area (Å²) in [6.07, 6.45) is 0.541. The predicted molar refractivity (Wildman–Crippen MR) is 67.2 cm³/mol. The van der Waals surface area contributed by atoms with E-state index in [0.29, 0.717) is 6.42 Å². The van der Waals surface area contributed by atoms with E-state index in [1.807, 2.05) is 20.8 Å². The summed E-state index contributed by atoms with van der Waals surface area (Å²) in [5.41, 5.74) is 4.71. The number of hydrogen-bond donors (Lipinski definition) is 2. The van der Waals surface area contributed by atoms with E-state index < -0.39 is 15.6 Å². The molecule has 0 saturated carbocycles. The second kappa shape index (κ2) is 5.23. The average molecular weight is 252 g/mol. The van der Waals surface area contributed by atoms with Gasteiger partial charge in [0.1, 0.15) is 0 Å². The Balaban J connectivity index is 4.77. The molecule has 0 aliphatic rings. The summed E-state index contributed by atoms with van der Waals surface area (Å²) >= 11 is 4.86. The van der Waals surface area contributed by atoms with Crippen molar-refractivity contribution < 1.29 is 8.42 Å². The van der Waals surface area contributed by atoms with Crippen molar-refractivity contribution in [3.63, 3.8) is 0 Å². The number of thiocarbonyl (C=S) groups is 1. The van der Waals surface area contributed by atoms with Gasteiger partial charge in [0.25, 0.3) is 0 Å². The van der Waals surface area contributed by atoms with Crippen LogP contribution in [0.1, 0.15) is 34.1 Å². The monoisotopic (exact) mass is 252 g/mol. The maximum Gasteiger partial charge on any atom is 0.212 e. The quantitative estimate of drug-likeness (QED) is 0.692. The topological polar surface area (TPSA) is 72.2 Å². The van der Waals surface area contributed by atoms with Crippen molar-refractivity contribution in [2.45, 2.75) is 39.7 Å². The predicted octanol–water partition coefficient (Wildman–Crippen LogP) is 1.02. The minimum atomic E-state index is -3.31. The van der Waals surface area contributed by atoms with Crippen LogP contribution >= 0.6 is 12.2 Å². The summed E-state index contributed by atoms with van der Waals surface area (Å²) < 4.78 is 25.9. The lowest BCUT2D eigenvalue weighted by atomic mass is 10.0. The molecule has 0 aromatic carbocycles. The molecule has 0 saturated heterocycles. The second-order valence-corrected chi connectivity index (χ2v) is 6.53. The highest BCUT2D eigenvalue weighted by Gasteiger charge is 2.30. The van der Waals surface area contributed by atoms with Crippen molar-refractivity contribution in [1.29, 1.82) is 0 Å². The standard InChI is InChI=1S/C9H20N2O2S2/c1-5-9(4,8(10)14)11-15(12,13)6-7(2)3/h7,11H,5-6H2,1-4H3,(H2,10,14). The van der Waals surface area contributed by atoms with Crippen LogP contribution in [0, 0.1) is 5.92 Å². The molecule has 1 atom stereocenters. The Morgan fingerprint density at radius 1 is 1.53 bits per heavy atom. The Bertz CT molecular complexity index is 325. The number of rotatable bonds is 6. The van der Waals surface area contributed by atoms with Crippen molar-refractivity contribution in [1.82, 2.24) is 4.72 Å². The zero-order valence-electron chi connectivity index (χ0n) is 9.70. The van der Waals surface area contributed by atoms with Crippen LogP contribution in [0.15, 0.2) is 0 Å². The highest BCUT2D eigenvalue weighted by Crippen LogP contribution is 2.12. The fourth-order valence-electron chi connectivity index (χ4n) is 1.12. The first-order valence-electron chi connectivity index (χ1n) is 4.94. The Morgan fingerprint density at radius 3 is 2.27 bits per heavy atom. The molecule has 90 valence electrons. The van der Waals surface area contributed by atoms with E-state index in [4.69, 9.17) is 18.0 Å². The summed E-state index contributed by atoms with van der Waals surface area (Å²) in [5, 5.41) is 0. The third kappa shape index (κ3) is 4.90. The van der Waals surface area contributed by atoms with Gasteiger partial charge in [-0.25, -0.2) is 13.1 Å². The molecule has 0 amide bonds. The highest BCUT2D eigenvalue weighted by molar-refractivity contribution is 7.89. The van der Waals surface area contributed by atoms with E-state index >= 15 is 0 Å². The number of hydrogen-bond acceptors (Lipinski definition) is 3. The molecule has 0 radical (unpaired) electrons. The third-order valence-electron chi connectivity index (χ3n) is 2.18. The average Bonchev–Trinajstić information content (AvgIpc) is 2.00. The Labute approximate surface area is 97.7 Å². The van der Waals surface area contributed by atoms with E-state index in [1.165, 1.54) is 0 Å². The van der Waals surface area contributed by atoms with E-state index in [0.717, 1.165) is 0 Å². The van der Waals surface area contributed by atoms with E-state index in [-0.39, 0.29) is 16.7 Å². The highest BCUT2D eigenvalue weighted by atomic mass is 32.2. The smallest absolute Gasteiger partial charge is 0.212 e. The van der Waals surface area contributed by atoms with Gasteiger partial charge in [0.05, 0.1) is 16.3 Å². The van der Waals surface area contributed by atoms with Gasteiger partial charge in [-0.05, 0) is 19.3 Å². The lowest BCUT2D eigenvalue weighted by molar-refractivity contribution is 0.505. The number of sulfonamides is 1. The Morgan fingerprint density at radius 2 is 2.00 bits per heavy atom. The van der Waals surface area contributed by atoms with Gasteiger partial charge in [-0.15, -0.1) is 0 Å². The van der Waals surface area contributed by atoms with Crippen LogP contribution in [-0.4, -0.2) is 24.7 Å². The first-order valence-corrected chi connectivity index (χ1v) is 7.00. The van der Waals surface area contributed by atoms with Crippen LogP contribution in [0.2, 0.25) is 0 Å². The lowest BCUT2D eigenvalue weighted by Crippen LogP contribution is -2.54. The molecule has 0 aromatic heterocycles. The van der Waals surface area contributed by atoms with Crippen molar-refractivity contribution in [2.24, 2.45) is 11.7 Å². The van der Waals surface area contributed by atoms with Crippen LogP contribution in [-0.2, 0) is 10.0 Å². The first kappa shape index (κ1) is 14.8. The minimum Gasteiger partial charge on any atom is -0.392 e. The molecule has 0 aromatic rings. The second-order valence-electron chi connectivity index (χ2n) is 4.33. The van der Waals surface area contributed by atoms with Gasteiger partial charge < -0.3 is 5.73 Å². The molecular formula is C9H20N2O2S2. The van der Waals surface area contributed by atoms with Crippen LogP contribution in [0.4, 0.5) is 0 Å². The van der Waals surface area contributed by atoms with Gasteiger partial charge in [-0.1, -0.05) is 33.0 Å². The third-order valence-corrected chi connectivity index (χ3v) is 4.50. The van der Waals surface area contributed by atoms with Gasteiger partial charge in [0.15, 0.2) is 0 Å². The van der Waals surface area contributed by atoms with Crippen LogP contribution in [0.5, 0.6) is 0 Å². The summed E-state index contributed by atoms with van der Waals surface area (Å²) in [5.74, 6) is 0.167. The molecule has 0 aliphatic heterocycles. The van der Waals surface area contributed by atoms with Gasteiger partial charge in [0, 0.05) is 0 Å². The fraction of sp³-hybridized carbons (Fsp3) is 0.889. The van der Waals surface area contributed by atoms with Gasteiger partial charge >= 0.3 is 0 Å². The number of nitrogens with two attached hydrogens (primary N) is 1. The molecule has 1 unspecified atom stereocenters. The largest absolute Gasteiger partial charge is 0.392 e. The Hall–Kier alpha value is -0.200. The summed E-state index contributed by atoms with van der Waals surface area (Å²) in [4.78, 5) is 0.178. The Kier molecular flexibility index (Phi) is 5.16. The molecule has 3 N–H and O–H groups in total. The summed E-state index contributed by atoms with van der Waals surface area (Å²) in [6.45, 7) is 7.25.